The summed E-state index contributed by atoms with van der Waals surface area (Å²) in [6.07, 6.45) is 19.7. The normalized spacial score (nSPS) is 31.7. The highest BCUT2D eigenvalue weighted by Gasteiger charge is 2.57. The summed E-state index contributed by atoms with van der Waals surface area (Å²) in [6, 6.07) is 0. The lowest BCUT2D eigenvalue weighted by Crippen LogP contribution is -2.54. The van der Waals surface area contributed by atoms with Crippen LogP contribution < -0.4 is 0 Å². The fourth-order valence-electron chi connectivity index (χ4n) is 4.79. The van der Waals surface area contributed by atoms with Gasteiger partial charge in [-0.05, 0) is 62.7 Å². The van der Waals surface area contributed by atoms with E-state index in [1.165, 1.54) is 6.08 Å². The van der Waals surface area contributed by atoms with Crippen molar-refractivity contribution in [3.63, 3.8) is 0 Å². The maximum Gasteiger partial charge on any atom is 0.193 e. The Balaban J connectivity index is 2.26. The molecule has 0 aromatic heterocycles. The van der Waals surface area contributed by atoms with Crippen LogP contribution in [0.1, 0.15) is 92.9 Å². The second kappa shape index (κ2) is 11.7. The van der Waals surface area contributed by atoms with E-state index in [0.717, 1.165) is 63.2 Å². The Morgan fingerprint density at radius 2 is 2.00 bits per heavy atom. The van der Waals surface area contributed by atoms with Crippen LogP contribution in [0.2, 0.25) is 18.1 Å². The second-order valence-corrected chi connectivity index (χ2v) is 16.7. The van der Waals surface area contributed by atoms with Crippen molar-refractivity contribution < 1.29 is 18.7 Å². The summed E-state index contributed by atoms with van der Waals surface area (Å²) in [7, 11) is -2.07. The summed E-state index contributed by atoms with van der Waals surface area (Å²) < 4.78 is 20.6. The SMILES string of the molecule is C#C[C@H](O[Si](C)(C)C(C)(C)C)[C@@]1(CCCC)CC[C@]2(CC[C@H](C)[C@@H](C/C=C(C)/C=C/C=O)O2)O1. The molecule has 5 atom stereocenters. The van der Waals surface area contributed by atoms with Crippen molar-refractivity contribution >= 4 is 14.6 Å². The van der Waals surface area contributed by atoms with Crippen molar-refractivity contribution in [3.05, 3.63) is 23.8 Å². The van der Waals surface area contributed by atoms with Crippen LogP contribution in [0.25, 0.3) is 0 Å². The molecule has 0 aliphatic carbocycles. The Morgan fingerprint density at radius 1 is 1.29 bits per heavy atom. The molecule has 0 saturated carbocycles. The predicted molar refractivity (Wildman–Crippen MR) is 143 cm³/mol. The standard InChI is InChI=1S/C29H48O4Si/c1-10-12-18-28(26(11-2)32-34(8,9)27(5,6)7)20-21-29(33-28)19-17-24(4)25(31-29)16-15-23(3)14-13-22-30/h2,13-15,22,24-26H,10,12,16-21H2,1,3-9H3/b14-13+,23-15+/t24-,25+,26-,28+,29-/m0/s1. The number of hydrogen-bond acceptors (Lipinski definition) is 4. The van der Waals surface area contributed by atoms with Crippen molar-refractivity contribution in [1.82, 2.24) is 0 Å². The van der Waals surface area contributed by atoms with Crippen LogP contribution in [0, 0.1) is 18.3 Å². The minimum absolute atomic E-state index is 0.0781. The highest BCUT2D eigenvalue weighted by atomic mass is 28.4. The van der Waals surface area contributed by atoms with Crippen molar-refractivity contribution in [1.29, 1.82) is 0 Å². The van der Waals surface area contributed by atoms with Crippen molar-refractivity contribution in [3.8, 4) is 12.3 Å². The number of ether oxygens (including phenoxy) is 2. The molecule has 0 bridgehead atoms. The van der Waals surface area contributed by atoms with E-state index in [0.29, 0.717) is 5.92 Å². The minimum Gasteiger partial charge on any atom is -0.401 e. The monoisotopic (exact) mass is 488 g/mol. The molecule has 0 radical (unpaired) electrons. The Kier molecular flexibility index (Phi) is 9.99. The number of aldehydes is 1. The molecule has 2 fully saturated rings. The van der Waals surface area contributed by atoms with Gasteiger partial charge in [0.2, 0.25) is 0 Å². The number of carbonyl (C=O) groups is 1. The van der Waals surface area contributed by atoms with Gasteiger partial charge in [-0.1, -0.05) is 71.1 Å². The number of rotatable bonds is 10. The molecule has 2 rings (SSSR count). The molecule has 192 valence electrons. The Labute approximate surface area is 210 Å². The summed E-state index contributed by atoms with van der Waals surface area (Å²) in [4.78, 5) is 10.6. The first-order chi connectivity index (χ1) is 15.8. The van der Waals surface area contributed by atoms with Gasteiger partial charge in [0.25, 0.3) is 0 Å². The topological polar surface area (TPSA) is 44.8 Å². The van der Waals surface area contributed by atoms with E-state index in [1.54, 1.807) is 0 Å². The van der Waals surface area contributed by atoms with Crippen LogP contribution in [0.4, 0.5) is 0 Å². The first-order valence-electron chi connectivity index (χ1n) is 13.1. The Bertz CT molecular complexity index is 787. The molecule has 4 nitrogen and oxygen atoms in total. The fourth-order valence-corrected chi connectivity index (χ4v) is 6.02. The summed E-state index contributed by atoms with van der Waals surface area (Å²) in [5.74, 6) is 2.87. The molecule has 0 unspecified atom stereocenters. The molecule has 2 heterocycles. The zero-order chi connectivity index (χ0) is 25.6. The minimum atomic E-state index is -2.07. The zero-order valence-corrected chi connectivity index (χ0v) is 23.9. The van der Waals surface area contributed by atoms with Crippen molar-refractivity contribution in [2.75, 3.05) is 0 Å². The number of allylic oxidation sites excluding steroid dienone is 3. The maximum atomic E-state index is 10.6. The van der Waals surface area contributed by atoms with E-state index in [4.69, 9.17) is 20.3 Å². The van der Waals surface area contributed by atoms with Gasteiger partial charge in [-0.2, -0.15) is 0 Å². The molecule has 0 aromatic carbocycles. The molecule has 0 aromatic rings. The second-order valence-electron chi connectivity index (χ2n) is 12.0. The summed E-state index contributed by atoms with van der Waals surface area (Å²) in [6.45, 7) is 17.7. The number of unbranched alkanes of at least 4 members (excludes halogenated alkanes) is 1. The first kappa shape index (κ1) is 29.0. The van der Waals surface area contributed by atoms with Crippen LogP contribution in [0.5, 0.6) is 0 Å². The van der Waals surface area contributed by atoms with Crippen LogP contribution >= 0.6 is 0 Å². The van der Waals surface area contributed by atoms with Crippen molar-refractivity contribution in [2.45, 2.75) is 135 Å². The average Bonchev–Trinajstić information content (AvgIpc) is 3.13. The van der Waals surface area contributed by atoms with Gasteiger partial charge < -0.3 is 13.9 Å². The third-order valence-electron chi connectivity index (χ3n) is 8.21. The van der Waals surface area contributed by atoms with Crippen molar-refractivity contribution in [2.24, 2.45) is 5.92 Å². The van der Waals surface area contributed by atoms with E-state index in [1.807, 2.05) is 13.0 Å². The number of carbonyl (C=O) groups excluding carboxylic acids is 1. The van der Waals surface area contributed by atoms with E-state index < -0.39 is 19.7 Å². The molecular weight excluding hydrogens is 440 g/mol. The summed E-state index contributed by atoms with van der Waals surface area (Å²) in [5.41, 5.74) is 0.575. The van der Waals surface area contributed by atoms with Gasteiger partial charge in [-0.15, -0.1) is 6.42 Å². The predicted octanol–water partition coefficient (Wildman–Crippen LogP) is 7.35. The van der Waals surface area contributed by atoms with Gasteiger partial charge in [0.15, 0.2) is 14.1 Å². The van der Waals surface area contributed by atoms with Crippen LogP contribution in [-0.4, -0.2) is 38.2 Å². The molecule has 2 aliphatic heterocycles. The maximum absolute atomic E-state index is 10.6. The quantitative estimate of drug-likeness (QED) is 0.106. The molecule has 2 saturated heterocycles. The summed E-state index contributed by atoms with van der Waals surface area (Å²) in [5, 5.41) is 0.0781. The van der Waals surface area contributed by atoms with Crippen LogP contribution in [-0.2, 0) is 18.7 Å². The highest BCUT2D eigenvalue weighted by Crippen LogP contribution is 2.51. The van der Waals surface area contributed by atoms with E-state index in [2.05, 4.69) is 59.7 Å². The summed E-state index contributed by atoms with van der Waals surface area (Å²) >= 11 is 0. The smallest absolute Gasteiger partial charge is 0.193 e. The number of terminal acetylenes is 1. The van der Waals surface area contributed by atoms with Gasteiger partial charge in [-0.25, -0.2) is 0 Å². The molecular formula is C29H48O4Si. The van der Waals surface area contributed by atoms with E-state index >= 15 is 0 Å². The largest absolute Gasteiger partial charge is 0.401 e. The van der Waals surface area contributed by atoms with Gasteiger partial charge in [-0.3, -0.25) is 4.79 Å². The van der Waals surface area contributed by atoms with Gasteiger partial charge in [0.1, 0.15) is 18.0 Å². The molecule has 0 N–H and O–H groups in total. The average molecular weight is 489 g/mol. The lowest BCUT2D eigenvalue weighted by molar-refractivity contribution is -0.306. The van der Waals surface area contributed by atoms with Gasteiger partial charge >= 0.3 is 0 Å². The van der Waals surface area contributed by atoms with E-state index in [9.17, 15) is 4.79 Å². The lowest BCUT2D eigenvalue weighted by atomic mass is 9.86. The highest BCUT2D eigenvalue weighted by molar-refractivity contribution is 6.74. The third-order valence-corrected chi connectivity index (χ3v) is 12.6. The zero-order valence-electron chi connectivity index (χ0n) is 22.9. The fraction of sp³-hybridized carbons (Fsp3) is 0.759. The Morgan fingerprint density at radius 3 is 2.59 bits per heavy atom. The molecule has 1 spiro atoms. The van der Waals surface area contributed by atoms with Gasteiger partial charge in [0.05, 0.1) is 6.10 Å². The molecule has 5 heteroatoms. The van der Waals surface area contributed by atoms with E-state index in [-0.39, 0.29) is 17.2 Å². The van der Waals surface area contributed by atoms with Crippen LogP contribution in [0.3, 0.4) is 0 Å². The first-order valence-corrected chi connectivity index (χ1v) is 16.0. The van der Waals surface area contributed by atoms with Crippen LogP contribution in [0.15, 0.2) is 23.8 Å². The Hall–Kier alpha value is -1.19. The molecule has 34 heavy (non-hydrogen) atoms. The number of hydrogen-bond donors (Lipinski definition) is 0. The molecule has 2 aliphatic rings. The molecule has 0 amide bonds. The third kappa shape index (κ3) is 6.94. The lowest BCUT2D eigenvalue weighted by Gasteiger charge is -2.46. The van der Waals surface area contributed by atoms with Gasteiger partial charge in [0, 0.05) is 12.8 Å².